The maximum absolute atomic E-state index is 12.6. The zero-order valence-electron chi connectivity index (χ0n) is 13.0. The van der Waals surface area contributed by atoms with Crippen LogP contribution in [0.3, 0.4) is 0 Å². The molecule has 0 bridgehead atoms. The van der Waals surface area contributed by atoms with Gasteiger partial charge in [0.25, 0.3) is 5.56 Å². The monoisotopic (exact) mass is 299 g/mol. The van der Waals surface area contributed by atoms with Crippen molar-refractivity contribution in [3.05, 3.63) is 75.2 Å². The van der Waals surface area contributed by atoms with Crippen LogP contribution in [-0.2, 0) is 13.1 Å². The Bertz CT molecular complexity index is 773. The summed E-state index contributed by atoms with van der Waals surface area (Å²) in [6.45, 7) is 8.15. The lowest BCUT2D eigenvalue weighted by molar-refractivity contribution is 0.559. The zero-order valence-corrected chi connectivity index (χ0v) is 13.0. The molecule has 0 unspecified atom stereocenters. The Hall–Kier alpha value is -2.56. The van der Waals surface area contributed by atoms with E-state index in [-0.39, 0.29) is 11.2 Å². The van der Waals surface area contributed by atoms with Crippen LogP contribution in [0.2, 0.25) is 0 Å². The van der Waals surface area contributed by atoms with Gasteiger partial charge in [-0.2, -0.15) is 0 Å². The van der Waals surface area contributed by atoms with Crippen molar-refractivity contribution in [3.63, 3.8) is 0 Å². The molecule has 2 aromatic rings. The van der Waals surface area contributed by atoms with Crippen molar-refractivity contribution in [2.75, 3.05) is 5.32 Å². The summed E-state index contributed by atoms with van der Waals surface area (Å²) in [6.07, 6.45) is 2.18. The van der Waals surface area contributed by atoms with E-state index in [0.29, 0.717) is 24.5 Å². The Labute approximate surface area is 129 Å². The van der Waals surface area contributed by atoms with Gasteiger partial charge in [-0.25, -0.2) is 4.79 Å². The van der Waals surface area contributed by atoms with E-state index in [1.807, 2.05) is 37.3 Å². The standard InChI is InChI=1S/C17H21N3O2/c1-4-11-19-16(21)15(18-5-2)13(3)20(17(19)22)12-14-9-7-6-8-10-14/h5-10,18H,2,4,11-12H2,1,3H3. The van der Waals surface area contributed by atoms with Crippen LogP contribution in [0.25, 0.3) is 0 Å². The van der Waals surface area contributed by atoms with E-state index in [1.165, 1.54) is 10.8 Å². The summed E-state index contributed by atoms with van der Waals surface area (Å²) in [5, 5.41) is 2.87. The van der Waals surface area contributed by atoms with E-state index in [2.05, 4.69) is 11.9 Å². The van der Waals surface area contributed by atoms with Crippen molar-refractivity contribution in [1.82, 2.24) is 9.13 Å². The predicted molar refractivity (Wildman–Crippen MR) is 89.4 cm³/mol. The van der Waals surface area contributed by atoms with Gasteiger partial charge in [-0.3, -0.25) is 13.9 Å². The Kier molecular flexibility index (Phi) is 4.99. The van der Waals surface area contributed by atoms with Crippen LogP contribution >= 0.6 is 0 Å². The SMILES string of the molecule is C=CNc1c(C)n(Cc2ccccc2)c(=O)n(CCC)c1=O. The Balaban J connectivity index is 2.64. The van der Waals surface area contributed by atoms with Gasteiger partial charge in [-0.05, 0) is 25.1 Å². The van der Waals surface area contributed by atoms with Gasteiger partial charge < -0.3 is 5.32 Å². The summed E-state index contributed by atoms with van der Waals surface area (Å²) in [5.41, 5.74) is 1.46. The van der Waals surface area contributed by atoms with Gasteiger partial charge in [-0.1, -0.05) is 43.8 Å². The fourth-order valence-corrected chi connectivity index (χ4v) is 2.44. The molecular weight excluding hydrogens is 278 g/mol. The third kappa shape index (κ3) is 3.03. The summed E-state index contributed by atoms with van der Waals surface area (Å²) in [6, 6.07) is 9.71. The quantitative estimate of drug-likeness (QED) is 0.890. The molecule has 22 heavy (non-hydrogen) atoms. The highest BCUT2D eigenvalue weighted by molar-refractivity contribution is 5.47. The largest absolute Gasteiger partial charge is 0.356 e. The van der Waals surface area contributed by atoms with Gasteiger partial charge in [0.2, 0.25) is 0 Å². The van der Waals surface area contributed by atoms with Crippen molar-refractivity contribution in [2.24, 2.45) is 0 Å². The molecule has 0 saturated heterocycles. The summed E-state index contributed by atoms with van der Waals surface area (Å²) in [7, 11) is 0. The molecule has 0 amide bonds. The first kappa shape index (κ1) is 15.8. The second kappa shape index (κ2) is 6.93. The third-order valence-electron chi connectivity index (χ3n) is 3.56. The average Bonchev–Trinajstić information content (AvgIpc) is 2.53. The molecule has 116 valence electrons. The van der Waals surface area contributed by atoms with Gasteiger partial charge in [0.15, 0.2) is 0 Å². The van der Waals surface area contributed by atoms with Crippen LogP contribution in [0.15, 0.2) is 52.7 Å². The second-order valence-corrected chi connectivity index (χ2v) is 5.12. The molecule has 1 aromatic heterocycles. The maximum atomic E-state index is 12.6. The zero-order chi connectivity index (χ0) is 16.1. The number of benzene rings is 1. The average molecular weight is 299 g/mol. The fraction of sp³-hybridized carbons (Fsp3) is 0.294. The molecule has 0 radical (unpaired) electrons. The summed E-state index contributed by atoms with van der Waals surface area (Å²) in [4.78, 5) is 25.1. The van der Waals surface area contributed by atoms with Gasteiger partial charge in [0.05, 0.1) is 6.54 Å². The van der Waals surface area contributed by atoms with Crippen molar-refractivity contribution < 1.29 is 0 Å². The van der Waals surface area contributed by atoms with Crippen LogP contribution in [0.1, 0.15) is 24.6 Å². The second-order valence-electron chi connectivity index (χ2n) is 5.12. The molecule has 0 atom stereocenters. The maximum Gasteiger partial charge on any atom is 0.331 e. The van der Waals surface area contributed by atoms with Crippen molar-refractivity contribution in [1.29, 1.82) is 0 Å². The van der Waals surface area contributed by atoms with Crippen molar-refractivity contribution in [3.8, 4) is 0 Å². The van der Waals surface area contributed by atoms with E-state index in [4.69, 9.17) is 0 Å². The number of hydrogen-bond acceptors (Lipinski definition) is 3. The highest BCUT2D eigenvalue weighted by Crippen LogP contribution is 2.10. The predicted octanol–water partition coefficient (Wildman–Crippen LogP) is 2.33. The molecule has 1 aromatic carbocycles. The van der Waals surface area contributed by atoms with Gasteiger partial charge in [0, 0.05) is 12.2 Å². The van der Waals surface area contributed by atoms with E-state index >= 15 is 0 Å². The van der Waals surface area contributed by atoms with Crippen molar-refractivity contribution >= 4 is 5.69 Å². The highest BCUT2D eigenvalue weighted by atomic mass is 16.2. The third-order valence-corrected chi connectivity index (χ3v) is 3.56. The van der Waals surface area contributed by atoms with Crippen LogP contribution in [0.4, 0.5) is 5.69 Å². The number of anilines is 1. The van der Waals surface area contributed by atoms with Crippen LogP contribution < -0.4 is 16.6 Å². The minimum atomic E-state index is -0.298. The Morgan fingerprint density at radius 3 is 2.45 bits per heavy atom. The van der Waals surface area contributed by atoms with E-state index in [0.717, 1.165) is 12.0 Å². The minimum Gasteiger partial charge on any atom is -0.356 e. The molecule has 5 nitrogen and oxygen atoms in total. The van der Waals surface area contributed by atoms with Crippen LogP contribution in [-0.4, -0.2) is 9.13 Å². The molecule has 0 aliphatic carbocycles. The lowest BCUT2D eigenvalue weighted by atomic mass is 10.2. The van der Waals surface area contributed by atoms with E-state index in [1.54, 1.807) is 11.5 Å². The van der Waals surface area contributed by atoms with E-state index < -0.39 is 0 Å². The molecule has 0 aliphatic rings. The Morgan fingerprint density at radius 1 is 1.18 bits per heavy atom. The molecule has 0 saturated carbocycles. The summed E-state index contributed by atoms with van der Waals surface area (Å²) < 4.78 is 2.90. The topological polar surface area (TPSA) is 56.0 Å². The highest BCUT2D eigenvalue weighted by Gasteiger charge is 2.15. The molecular formula is C17H21N3O2. The van der Waals surface area contributed by atoms with Gasteiger partial charge in [0.1, 0.15) is 5.69 Å². The van der Waals surface area contributed by atoms with Crippen molar-refractivity contribution in [2.45, 2.75) is 33.4 Å². The van der Waals surface area contributed by atoms with Crippen LogP contribution in [0, 0.1) is 6.92 Å². The lowest BCUT2D eigenvalue weighted by Crippen LogP contribution is -2.42. The first-order chi connectivity index (χ1) is 10.6. The molecule has 5 heteroatoms. The smallest absolute Gasteiger partial charge is 0.331 e. The van der Waals surface area contributed by atoms with Crippen LogP contribution in [0.5, 0.6) is 0 Å². The number of rotatable bonds is 6. The normalized spacial score (nSPS) is 10.5. The Morgan fingerprint density at radius 2 is 1.86 bits per heavy atom. The van der Waals surface area contributed by atoms with Gasteiger partial charge >= 0.3 is 5.69 Å². The number of nitrogens with zero attached hydrogens (tertiary/aromatic N) is 2. The molecule has 2 rings (SSSR count). The number of nitrogens with one attached hydrogen (secondary N) is 1. The summed E-state index contributed by atoms with van der Waals surface area (Å²) >= 11 is 0. The first-order valence-electron chi connectivity index (χ1n) is 7.35. The van der Waals surface area contributed by atoms with E-state index in [9.17, 15) is 9.59 Å². The van der Waals surface area contributed by atoms with Gasteiger partial charge in [-0.15, -0.1) is 0 Å². The molecule has 0 aliphatic heterocycles. The first-order valence-corrected chi connectivity index (χ1v) is 7.35. The molecule has 1 heterocycles. The molecule has 0 fully saturated rings. The lowest BCUT2D eigenvalue weighted by Gasteiger charge is -2.17. The number of hydrogen-bond donors (Lipinski definition) is 1. The number of aromatic nitrogens is 2. The minimum absolute atomic E-state index is 0.275. The molecule has 0 spiro atoms. The fourth-order valence-electron chi connectivity index (χ4n) is 2.44. The molecule has 1 N–H and O–H groups in total. The summed E-state index contributed by atoms with van der Waals surface area (Å²) in [5.74, 6) is 0.